The van der Waals surface area contributed by atoms with Gasteiger partial charge in [0.05, 0.1) is 12.0 Å². The fourth-order valence-corrected chi connectivity index (χ4v) is 4.19. The third kappa shape index (κ3) is 5.60. The van der Waals surface area contributed by atoms with Crippen LogP contribution >= 0.6 is 15.9 Å². The smallest absolute Gasteiger partial charge is 0.306 e. The number of benzene rings is 2. The predicted molar refractivity (Wildman–Crippen MR) is 122 cm³/mol. The second-order valence-electron chi connectivity index (χ2n) is 8.02. The van der Waals surface area contributed by atoms with Crippen LogP contribution < -0.4 is 4.74 Å². The molecule has 0 saturated heterocycles. The molecule has 3 rings (SSSR count). The Kier molecular flexibility index (Phi) is 7.48. The van der Waals surface area contributed by atoms with Gasteiger partial charge in [-0.25, -0.2) is 0 Å². The number of allylic oxidation sites excluding steroid dienone is 1. The molecule has 0 radical (unpaired) electrons. The first kappa shape index (κ1) is 22.3. The topological polar surface area (TPSA) is 63.6 Å². The molecule has 1 aliphatic carbocycles. The quantitative estimate of drug-likeness (QED) is 0.370. The number of rotatable bonds is 7. The van der Waals surface area contributed by atoms with E-state index in [-0.39, 0.29) is 23.7 Å². The van der Waals surface area contributed by atoms with Gasteiger partial charge in [0.15, 0.2) is 5.78 Å². The van der Waals surface area contributed by atoms with Gasteiger partial charge in [-0.05, 0) is 87.4 Å². The van der Waals surface area contributed by atoms with Crippen molar-refractivity contribution in [3.8, 4) is 5.75 Å². The third-order valence-electron chi connectivity index (χ3n) is 5.49. The summed E-state index contributed by atoms with van der Waals surface area (Å²) < 4.78 is 7.10. The average molecular weight is 471 g/mol. The van der Waals surface area contributed by atoms with Crippen LogP contribution in [0.1, 0.15) is 66.9 Å². The maximum absolute atomic E-state index is 12.6. The van der Waals surface area contributed by atoms with Gasteiger partial charge in [0.2, 0.25) is 0 Å². The van der Waals surface area contributed by atoms with Gasteiger partial charge in [-0.1, -0.05) is 34.1 Å². The summed E-state index contributed by atoms with van der Waals surface area (Å²) in [7, 11) is 0. The molecule has 0 bridgehead atoms. The number of ketones is 1. The molecular weight excluding hydrogens is 444 g/mol. The highest BCUT2D eigenvalue weighted by Gasteiger charge is 2.29. The summed E-state index contributed by atoms with van der Waals surface area (Å²) in [6.45, 7) is 3.97. The number of carboxylic acid groups (broad SMARTS) is 1. The molecule has 0 atom stereocenters. The Labute approximate surface area is 186 Å². The lowest BCUT2D eigenvalue weighted by atomic mass is 9.78. The number of halogens is 1. The lowest BCUT2D eigenvalue weighted by molar-refractivity contribution is -0.142. The van der Waals surface area contributed by atoms with Crippen molar-refractivity contribution < 1.29 is 19.4 Å². The molecule has 158 valence electrons. The Hall–Kier alpha value is -2.40. The Bertz CT molecular complexity index is 923. The van der Waals surface area contributed by atoms with E-state index < -0.39 is 5.97 Å². The summed E-state index contributed by atoms with van der Waals surface area (Å²) in [6, 6.07) is 13.3. The van der Waals surface area contributed by atoms with Gasteiger partial charge in [0.25, 0.3) is 0 Å². The SMILES string of the molecule is CC(C)Oc1c(C=CC(=O)c2ccc(Br)cc2)cccc1C1CCC(C(=O)O)CC1. The molecular formula is C25H27BrO4. The molecule has 0 unspecified atom stereocenters. The van der Waals surface area contributed by atoms with E-state index in [4.69, 9.17) is 4.74 Å². The largest absolute Gasteiger partial charge is 0.490 e. The summed E-state index contributed by atoms with van der Waals surface area (Å²) in [4.78, 5) is 23.8. The molecule has 0 spiro atoms. The lowest BCUT2D eigenvalue weighted by Gasteiger charge is -2.29. The summed E-state index contributed by atoms with van der Waals surface area (Å²) in [5, 5.41) is 9.28. The molecule has 0 amide bonds. The first-order valence-electron chi connectivity index (χ1n) is 10.4. The van der Waals surface area contributed by atoms with Crippen LogP contribution in [0.4, 0.5) is 0 Å². The van der Waals surface area contributed by atoms with Crippen LogP contribution in [-0.2, 0) is 4.79 Å². The first-order chi connectivity index (χ1) is 14.3. The van der Waals surface area contributed by atoms with Crippen molar-refractivity contribution in [2.75, 3.05) is 0 Å². The van der Waals surface area contributed by atoms with Crippen molar-refractivity contribution in [2.45, 2.75) is 51.6 Å². The van der Waals surface area contributed by atoms with Gasteiger partial charge >= 0.3 is 5.97 Å². The number of hydrogen-bond acceptors (Lipinski definition) is 3. The molecule has 0 aromatic heterocycles. The minimum absolute atomic E-state index is 0.00386. The summed E-state index contributed by atoms with van der Waals surface area (Å²) in [6.07, 6.45) is 6.42. The zero-order valence-corrected chi connectivity index (χ0v) is 18.9. The highest BCUT2D eigenvalue weighted by Crippen LogP contribution is 2.41. The van der Waals surface area contributed by atoms with Crippen LogP contribution in [0.25, 0.3) is 6.08 Å². The summed E-state index contributed by atoms with van der Waals surface area (Å²) in [5.74, 6) is 0.0546. The van der Waals surface area contributed by atoms with Crippen LogP contribution in [-0.4, -0.2) is 23.0 Å². The summed E-state index contributed by atoms with van der Waals surface area (Å²) >= 11 is 3.38. The maximum atomic E-state index is 12.6. The van der Waals surface area contributed by atoms with Crippen molar-refractivity contribution in [2.24, 2.45) is 5.92 Å². The second-order valence-corrected chi connectivity index (χ2v) is 8.94. The maximum Gasteiger partial charge on any atom is 0.306 e. The Morgan fingerprint density at radius 2 is 1.73 bits per heavy atom. The number of aliphatic carboxylic acids is 1. The van der Waals surface area contributed by atoms with E-state index in [9.17, 15) is 14.7 Å². The van der Waals surface area contributed by atoms with Crippen molar-refractivity contribution in [1.29, 1.82) is 0 Å². The molecule has 1 N–H and O–H groups in total. The second kappa shape index (κ2) is 10.1. The Morgan fingerprint density at radius 1 is 1.07 bits per heavy atom. The normalized spacial score (nSPS) is 19.2. The van der Waals surface area contributed by atoms with Gasteiger partial charge < -0.3 is 9.84 Å². The van der Waals surface area contributed by atoms with Crippen molar-refractivity contribution in [3.63, 3.8) is 0 Å². The minimum atomic E-state index is -0.699. The standard InChI is InChI=1S/C25H27BrO4/c1-16(2)30-24-19(12-15-23(27)18-10-13-21(26)14-11-18)4-3-5-22(24)17-6-8-20(9-7-17)25(28)29/h3-5,10-17,20H,6-9H2,1-2H3,(H,28,29). The molecule has 30 heavy (non-hydrogen) atoms. The third-order valence-corrected chi connectivity index (χ3v) is 6.02. The van der Waals surface area contributed by atoms with Crippen LogP contribution in [0.15, 0.2) is 53.0 Å². The van der Waals surface area contributed by atoms with Gasteiger partial charge in [-0.2, -0.15) is 0 Å². The van der Waals surface area contributed by atoms with Crippen molar-refractivity contribution >= 4 is 33.8 Å². The Morgan fingerprint density at radius 3 is 2.33 bits per heavy atom. The van der Waals surface area contributed by atoms with Crippen LogP contribution in [0.2, 0.25) is 0 Å². The molecule has 0 heterocycles. The highest BCUT2D eigenvalue weighted by atomic mass is 79.9. The molecule has 2 aromatic rings. The minimum Gasteiger partial charge on any atom is -0.490 e. The van der Waals surface area contributed by atoms with E-state index in [0.717, 1.165) is 34.2 Å². The molecule has 1 aliphatic rings. The fourth-order valence-electron chi connectivity index (χ4n) is 3.93. The zero-order valence-electron chi connectivity index (χ0n) is 17.3. The van der Waals surface area contributed by atoms with Gasteiger partial charge in [0.1, 0.15) is 5.75 Å². The number of carboxylic acids is 1. The Balaban J connectivity index is 1.85. The molecule has 1 saturated carbocycles. The number of ether oxygens (including phenoxy) is 1. The van der Waals surface area contributed by atoms with Crippen molar-refractivity contribution in [1.82, 2.24) is 0 Å². The van der Waals surface area contributed by atoms with E-state index in [1.54, 1.807) is 18.2 Å². The molecule has 0 aliphatic heterocycles. The number of carbonyl (C=O) groups excluding carboxylic acids is 1. The van der Waals surface area contributed by atoms with Gasteiger partial charge in [0, 0.05) is 15.6 Å². The fraction of sp³-hybridized carbons (Fsp3) is 0.360. The molecule has 2 aromatic carbocycles. The van der Waals surface area contributed by atoms with E-state index in [0.29, 0.717) is 18.4 Å². The monoisotopic (exact) mass is 470 g/mol. The van der Waals surface area contributed by atoms with Crippen LogP contribution in [0.3, 0.4) is 0 Å². The number of carbonyl (C=O) groups is 2. The van der Waals surface area contributed by atoms with E-state index >= 15 is 0 Å². The van der Waals surface area contributed by atoms with Crippen LogP contribution in [0, 0.1) is 5.92 Å². The molecule has 1 fully saturated rings. The van der Waals surface area contributed by atoms with Crippen molar-refractivity contribution in [3.05, 3.63) is 69.7 Å². The van der Waals surface area contributed by atoms with Gasteiger partial charge in [-0.3, -0.25) is 9.59 Å². The first-order valence-corrected chi connectivity index (χ1v) is 11.1. The number of hydrogen-bond donors (Lipinski definition) is 1. The van der Waals surface area contributed by atoms with E-state index in [1.165, 1.54) is 0 Å². The highest BCUT2D eigenvalue weighted by molar-refractivity contribution is 9.10. The summed E-state index contributed by atoms with van der Waals surface area (Å²) in [5.41, 5.74) is 2.60. The predicted octanol–water partition coefficient (Wildman–Crippen LogP) is 6.49. The number of para-hydroxylation sites is 1. The molecule has 5 heteroatoms. The zero-order chi connectivity index (χ0) is 21.7. The van der Waals surface area contributed by atoms with E-state index in [1.807, 2.05) is 44.2 Å². The van der Waals surface area contributed by atoms with Gasteiger partial charge in [-0.15, -0.1) is 0 Å². The molecule has 4 nitrogen and oxygen atoms in total. The lowest BCUT2D eigenvalue weighted by Crippen LogP contribution is -2.21. The average Bonchev–Trinajstić information content (AvgIpc) is 2.73. The van der Waals surface area contributed by atoms with Crippen LogP contribution in [0.5, 0.6) is 5.75 Å². The van der Waals surface area contributed by atoms with E-state index in [2.05, 4.69) is 22.0 Å².